The Bertz CT molecular complexity index is 907. The predicted molar refractivity (Wildman–Crippen MR) is 90.0 cm³/mol. The SMILES string of the molecule is CCOC(=O)Cc1ccc2c(c1)oc1ccc(C(=O)OCC)cc12. The van der Waals surface area contributed by atoms with E-state index < -0.39 is 0 Å². The summed E-state index contributed by atoms with van der Waals surface area (Å²) < 4.78 is 15.8. The zero-order chi connectivity index (χ0) is 17.1. The van der Waals surface area contributed by atoms with Gasteiger partial charge in [0.05, 0.1) is 25.2 Å². The molecule has 1 aromatic heterocycles. The third-order valence-electron chi connectivity index (χ3n) is 3.70. The van der Waals surface area contributed by atoms with Crippen molar-refractivity contribution in [1.82, 2.24) is 0 Å². The van der Waals surface area contributed by atoms with Gasteiger partial charge in [0.15, 0.2) is 0 Å². The van der Waals surface area contributed by atoms with Crippen molar-refractivity contribution in [3.05, 3.63) is 47.5 Å². The molecule has 0 aliphatic carbocycles. The average Bonchev–Trinajstić information content (AvgIpc) is 2.92. The minimum absolute atomic E-state index is 0.203. The van der Waals surface area contributed by atoms with Crippen LogP contribution in [0.5, 0.6) is 0 Å². The van der Waals surface area contributed by atoms with Crippen molar-refractivity contribution in [2.75, 3.05) is 13.2 Å². The van der Waals surface area contributed by atoms with Crippen molar-refractivity contribution in [2.45, 2.75) is 20.3 Å². The van der Waals surface area contributed by atoms with Crippen LogP contribution in [0.15, 0.2) is 40.8 Å². The van der Waals surface area contributed by atoms with E-state index in [1.807, 2.05) is 18.2 Å². The highest BCUT2D eigenvalue weighted by Gasteiger charge is 2.13. The number of ether oxygens (including phenoxy) is 2. The smallest absolute Gasteiger partial charge is 0.338 e. The summed E-state index contributed by atoms with van der Waals surface area (Å²) in [6.45, 7) is 4.25. The summed E-state index contributed by atoms with van der Waals surface area (Å²) >= 11 is 0. The van der Waals surface area contributed by atoms with Crippen molar-refractivity contribution < 1.29 is 23.5 Å². The minimum Gasteiger partial charge on any atom is -0.466 e. The molecular formula is C19H18O5. The second kappa shape index (κ2) is 6.74. The van der Waals surface area contributed by atoms with Crippen LogP contribution in [0.2, 0.25) is 0 Å². The summed E-state index contributed by atoms with van der Waals surface area (Å²) in [7, 11) is 0. The third kappa shape index (κ3) is 3.11. The number of fused-ring (bicyclic) bond motifs is 3. The minimum atomic E-state index is -0.354. The standard InChI is InChI=1S/C19H18O5/c1-3-22-18(20)10-12-5-7-14-15-11-13(19(21)23-4-2)6-8-16(15)24-17(14)9-12/h5-9,11H,3-4,10H2,1-2H3. The fraction of sp³-hybridized carbons (Fsp3) is 0.263. The Morgan fingerprint density at radius 1 is 0.917 bits per heavy atom. The molecule has 0 fully saturated rings. The molecule has 5 heteroatoms. The number of benzene rings is 2. The van der Waals surface area contributed by atoms with Crippen molar-refractivity contribution in [2.24, 2.45) is 0 Å². The monoisotopic (exact) mass is 326 g/mol. The van der Waals surface area contributed by atoms with Crippen LogP contribution in [-0.4, -0.2) is 25.2 Å². The second-order valence-corrected chi connectivity index (χ2v) is 5.35. The molecule has 5 nitrogen and oxygen atoms in total. The number of hydrogen-bond acceptors (Lipinski definition) is 5. The van der Waals surface area contributed by atoms with E-state index in [4.69, 9.17) is 13.9 Å². The third-order valence-corrected chi connectivity index (χ3v) is 3.70. The van der Waals surface area contributed by atoms with Crippen molar-refractivity contribution >= 4 is 33.9 Å². The molecule has 0 saturated carbocycles. The number of carbonyl (C=O) groups excluding carboxylic acids is 2. The molecule has 0 radical (unpaired) electrons. The first kappa shape index (κ1) is 16.1. The second-order valence-electron chi connectivity index (χ2n) is 5.35. The van der Waals surface area contributed by atoms with Crippen LogP contribution >= 0.6 is 0 Å². The fourth-order valence-corrected chi connectivity index (χ4v) is 2.65. The van der Waals surface area contributed by atoms with Gasteiger partial charge in [-0.2, -0.15) is 0 Å². The topological polar surface area (TPSA) is 65.7 Å². The largest absolute Gasteiger partial charge is 0.466 e. The summed E-state index contributed by atoms with van der Waals surface area (Å²) in [4.78, 5) is 23.5. The van der Waals surface area contributed by atoms with Crippen LogP contribution in [0.1, 0.15) is 29.8 Å². The van der Waals surface area contributed by atoms with E-state index in [2.05, 4.69) is 0 Å². The van der Waals surface area contributed by atoms with E-state index in [1.54, 1.807) is 32.0 Å². The molecule has 0 N–H and O–H groups in total. The lowest BCUT2D eigenvalue weighted by atomic mass is 10.1. The Kier molecular flexibility index (Phi) is 4.51. The van der Waals surface area contributed by atoms with Crippen LogP contribution in [0.4, 0.5) is 0 Å². The number of hydrogen-bond donors (Lipinski definition) is 0. The van der Waals surface area contributed by atoms with Crippen LogP contribution in [0.25, 0.3) is 21.9 Å². The van der Waals surface area contributed by atoms with Gasteiger partial charge in [0.1, 0.15) is 11.2 Å². The summed E-state index contributed by atoms with van der Waals surface area (Å²) in [6.07, 6.45) is 0.203. The van der Waals surface area contributed by atoms with Gasteiger partial charge < -0.3 is 13.9 Å². The molecule has 3 aromatic rings. The molecule has 124 valence electrons. The zero-order valence-electron chi connectivity index (χ0n) is 13.6. The normalized spacial score (nSPS) is 10.9. The van der Waals surface area contributed by atoms with Crippen molar-refractivity contribution in [1.29, 1.82) is 0 Å². The van der Waals surface area contributed by atoms with E-state index >= 15 is 0 Å². The van der Waals surface area contributed by atoms with Crippen LogP contribution in [0.3, 0.4) is 0 Å². The molecule has 0 atom stereocenters. The summed E-state index contributed by atoms with van der Waals surface area (Å²) in [5.74, 6) is -0.620. The maximum absolute atomic E-state index is 11.9. The van der Waals surface area contributed by atoms with Crippen LogP contribution < -0.4 is 0 Å². The van der Waals surface area contributed by atoms with Crippen molar-refractivity contribution in [3.63, 3.8) is 0 Å². The maximum atomic E-state index is 11.9. The van der Waals surface area contributed by atoms with Gasteiger partial charge in [0.2, 0.25) is 0 Å². The predicted octanol–water partition coefficient (Wildman–Crippen LogP) is 3.87. The first-order chi connectivity index (χ1) is 11.6. The molecular weight excluding hydrogens is 308 g/mol. The van der Waals surface area contributed by atoms with E-state index in [1.165, 1.54) is 0 Å². The van der Waals surface area contributed by atoms with E-state index in [9.17, 15) is 9.59 Å². The molecule has 2 aromatic carbocycles. The molecule has 3 rings (SSSR count). The Balaban J connectivity index is 1.98. The van der Waals surface area contributed by atoms with Gasteiger partial charge in [0, 0.05) is 10.8 Å². The fourth-order valence-electron chi connectivity index (χ4n) is 2.65. The van der Waals surface area contributed by atoms with Gasteiger partial charge in [-0.3, -0.25) is 4.79 Å². The first-order valence-corrected chi connectivity index (χ1v) is 7.90. The lowest BCUT2D eigenvalue weighted by molar-refractivity contribution is -0.142. The van der Waals surface area contributed by atoms with E-state index in [0.717, 1.165) is 16.3 Å². The molecule has 1 heterocycles. The van der Waals surface area contributed by atoms with Gasteiger partial charge >= 0.3 is 11.9 Å². The summed E-state index contributed by atoms with van der Waals surface area (Å²) in [5, 5.41) is 1.74. The lowest BCUT2D eigenvalue weighted by Gasteiger charge is -2.02. The van der Waals surface area contributed by atoms with Crippen LogP contribution in [0, 0.1) is 0 Å². The average molecular weight is 326 g/mol. The van der Waals surface area contributed by atoms with Gasteiger partial charge in [-0.1, -0.05) is 12.1 Å². The summed E-state index contributed by atoms with van der Waals surface area (Å²) in [5.41, 5.74) is 2.67. The molecule has 0 aliphatic heterocycles. The van der Waals surface area contributed by atoms with Gasteiger partial charge in [0.25, 0.3) is 0 Å². The van der Waals surface area contributed by atoms with Gasteiger partial charge in [-0.05, 0) is 43.7 Å². The lowest BCUT2D eigenvalue weighted by Crippen LogP contribution is -2.07. The van der Waals surface area contributed by atoms with Crippen LogP contribution in [-0.2, 0) is 20.7 Å². The quantitative estimate of drug-likeness (QED) is 0.666. The highest BCUT2D eigenvalue weighted by Crippen LogP contribution is 2.30. The number of rotatable bonds is 5. The number of carbonyl (C=O) groups is 2. The Hall–Kier alpha value is -2.82. The zero-order valence-corrected chi connectivity index (χ0v) is 13.6. The highest BCUT2D eigenvalue weighted by molar-refractivity contribution is 6.07. The molecule has 0 unspecified atom stereocenters. The number of esters is 2. The van der Waals surface area contributed by atoms with E-state index in [-0.39, 0.29) is 18.4 Å². The Morgan fingerprint density at radius 2 is 1.71 bits per heavy atom. The molecule has 0 spiro atoms. The molecule has 24 heavy (non-hydrogen) atoms. The molecule has 0 amide bonds. The van der Waals surface area contributed by atoms with E-state index in [0.29, 0.717) is 29.9 Å². The summed E-state index contributed by atoms with van der Waals surface area (Å²) in [6, 6.07) is 10.8. The maximum Gasteiger partial charge on any atom is 0.338 e. The van der Waals surface area contributed by atoms with Crippen molar-refractivity contribution in [3.8, 4) is 0 Å². The number of furan rings is 1. The van der Waals surface area contributed by atoms with Gasteiger partial charge in [-0.15, -0.1) is 0 Å². The highest BCUT2D eigenvalue weighted by atomic mass is 16.5. The molecule has 0 bridgehead atoms. The van der Waals surface area contributed by atoms with Gasteiger partial charge in [-0.25, -0.2) is 4.79 Å². The Labute approximate surface area is 139 Å². The molecule has 0 aliphatic rings. The Morgan fingerprint density at radius 3 is 2.46 bits per heavy atom. The molecule has 0 saturated heterocycles. The first-order valence-electron chi connectivity index (χ1n) is 7.90.